The van der Waals surface area contributed by atoms with Crippen LogP contribution in [0.1, 0.15) is 64.7 Å². The van der Waals surface area contributed by atoms with E-state index >= 15 is 0 Å². The predicted molar refractivity (Wildman–Crippen MR) is 84.2 cm³/mol. The molecule has 0 N–H and O–H groups in total. The fraction of sp³-hybridized carbons (Fsp3) is 0.929. The van der Waals surface area contributed by atoms with Gasteiger partial charge in [0.25, 0.3) is 0 Å². The lowest BCUT2D eigenvalue weighted by atomic mass is 10.1. The summed E-state index contributed by atoms with van der Waals surface area (Å²) in [5, 5.41) is 0. The van der Waals surface area contributed by atoms with Gasteiger partial charge in [0.2, 0.25) is 0 Å². The van der Waals surface area contributed by atoms with Gasteiger partial charge < -0.3 is 0 Å². The van der Waals surface area contributed by atoms with Crippen molar-refractivity contribution in [1.29, 1.82) is 0 Å². The van der Waals surface area contributed by atoms with Crippen LogP contribution in [-0.4, -0.2) is 31.5 Å². The normalized spacial score (nSPS) is 17.2. The van der Waals surface area contributed by atoms with E-state index in [1.165, 1.54) is 6.42 Å². The highest BCUT2D eigenvalue weighted by molar-refractivity contribution is 8.02. The minimum absolute atomic E-state index is 0.0957. The Hall–Kier alpha value is -0.0700. The lowest BCUT2D eigenvalue weighted by Gasteiger charge is -2.11. The van der Waals surface area contributed by atoms with E-state index in [1.807, 2.05) is 6.92 Å². The fourth-order valence-corrected chi connectivity index (χ4v) is 6.04. The first-order chi connectivity index (χ1) is 9.53. The van der Waals surface area contributed by atoms with Crippen molar-refractivity contribution in [3.05, 3.63) is 0 Å². The molecule has 0 aromatic heterocycles. The van der Waals surface area contributed by atoms with Gasteiger partial charge in [0.1, 0.15) is 17.3 Å². The molecule has 0 unspecified atom stereocenters. The molecule has 1 saturated heterocycles. The molecule has 0 bridgehead atoms. The van der Waals surface area contributed by atoms with Crippen LogP contribution in [0.25, 0.3) is 0 Å². The summed E-state index contributed by atoms with van der Waals surface area (Å²) in [7, 11) is -3.36. The molecule has 1 heterocycles. The molecule has 0 saturated carbocycles. The molecular weight excluding hydrogens is 296 g/mol. The highest BCUT2D eigenvalue weighted by atomic mass is 32.3. The molecule has 6 heteroatoms. The van der Waals surface area contributed by atoms with Gasteiger partial charge in [-0.2, -0.15) is 8.42 Å². The molecule has 4 nitrogen and oxygen atoms in total. The Labute approximate surface area is 126 Å². The first-order valence-electron chi connectivity index (χ1n) is 7.65. The summed E-state index contributed by atoms with van der Waals surface area (Å²) in [5.41, 5.74) is 0. The van der Waals surface area contributed by atoms with E-state index in [-0.39, 0.29) is 22.7 Å². The summed E-state index contributed by atoms with van der Waals surface area (Å²) >= 11 is -0.373. The molecular formula is C14H27O4S2+. The lowest BCUT2D eigenvalue weighted by molar-refractivity contribution is -0.119. The summed E-state index contributed by atoms with van der Waals surface area (Å²) in [5.74, 6) is 2.17. The maximum absolute atomic E-state index is 11.8. The molecule has 0 atom stereocenters. The van der Waals surface area contributed by atoms with Gasteiger partial charge in [-0.1, -0.05) is 13.3 Å². The van der Waals surface area contributed by atoms with E-state index in [1.54, 1.807) is 0 Å². The highest BCUT2D eigenvalue weighted by Crippen LogP contribution is 2.18. The number of hydrogen-bond donors (Lipinski definition) is 0. The molecule has 1 rings (SSSR count). The monoisotopic (exact) mass is 323 g/mol. The van der Waals surface area contributed by atoms with Crippen LogP contribution in [0, 0.1) is 0 Å². The molecule has 1 aliphatic rings. The van der Waals surface area contributed by atoms with Gasteiger partial charge in [-0.05, 0) is 42.2 Å². The average Bonchev–Trinajstić information content (AvgIpc) is 2.39. The molecule has 20 heavy (non-hydrogen) atoms. The van der Waals surface area contributed by atoms with Gasteiger partial charge >= 0.3 is 10.1 Å². The Bertz CT molecular complexity index is 373. The Morgan fingerprint density at radius 2 is 1.75 bits per heavy atom. The SMILES string of the molecule is CCCC(=O)CCCCCS(=O)(=O)O[S+]1CCCCC1. The number of carbonyl (C=O) groups is 1. The summed E-state index contributed by atoms with van der Waals surface area (Å²) in [4.78, 5) is 11.3. The van der Waals surface area contributed by atoms with E-state index in [0.717, 1.165) is 43.6 Å². The number of rotatable bonds is 10. The van der Waals surface area contributed by atoms with Crippen molar-refractivity contribution in [3.8, 4) is 0 Å². The minimum Gasteiger partial charge on any atom is -0.300 e. The van der Waals surface area contributed by atoms with Crippen LogP contribution in [-0.2, 0) is 29.7 Å². The molecule has 0 amide bonds. The zero-order valence-electron chi connectivity index (χ0n) is 12.4. The Kier molecular flexibility index (Phi) is 8.80. The zero-order chi connectivity index (χ0) is 14.8. The number of Topliss-reactive ketones (excluding diaryl/α,β-unsaturated/α-hetero) is 1. The molecule has 1 aliphatic heterocycles. The minimum atomic E-state index is -3.36. The van der Waals surface area contributed by atoms with Gasteiger partial charge in [-0.15, -0.1) is 0 Å². The van der Waals surface area contributed by atoms with Crippen LogP contribution >= 0.6 is 0 Å². The second-order valence-corrected chi connectivity index (χ2v) is 9.10. The summed E-state index contributed by atoms with van der Waals surface area (Å²) < 4.78 is 28.9. The second-order valence-electron chi connectivity index (χ2n) is 5.34. The Morgan fingerprint density at radius 3 is 2.40 bits per heavy atom. The van der Waals surface area contributed by atoms with Crippen LogP contribution < -0.4 is 0 Å². The van der Waals surface area contributed by atoms with Crippen molar-refractivity contribution in [2.45, 2.75) is 64.7 Å². The van der Waals surface area contributed by atoms with Crippen LogP contribution in [0.5, 0.6) is 0 Å². The van der Waals surface area contributed by atoms with Crippen LogP contribution in [0.15, 0.2) is 0 Å². The van der Waals surface area contributed by atoms with Gasteiger partial charge in [0.05, 0.1) is 5.75 Å². The van der Waals surface area contributed by atoms with Crippen LogP contribution in [0.2, 0.25) is 0 Å². The number of carbonyl (C=O) groups excluding carboxylic acids is 1. The highest BCUT2D eigenvalue weighted by Gasteiger charge is 2.30. The predicted octanol–water partition coefficient (Wildman–Crippen LogP) is 2.98. The lowest BCUT2D eigenvalue weighted by Crippen LogP contribution is -2.24. The van der Waals surface area contributed by atoms with Gasteiger partial charge in [-0.3, -0.25) is 4.79 Å². The number of ketones is 1. The Balaban J connectivity index is 2.11. The third kappa shape index (κ3) is 8.27. The standard InChI is InChI=1S/C14H27O4S2/c1-2-9-14(15)10-5-3-8-13-20(16,17)18-19-11-6-4-7-12-19/h2-13H2,1H3/q+1. The molecule has 0 radical (unpaired) electrons. The molecule has 0 aliphatic carbocycles. The van der Waals surface area contributed by atoms with Gasteiger partial charge in [-0.25, -0.2) is 0 Å². The van der Waals surface area contributed by atoms with Crippen LogP contribution in [0.4, 0.5) is 0 Å². The van der Waals surface area contributed by atoms with Gasteiger partial charge in [0, 0.05) is 12.8 Å². The third-order valence-electron chi connectivity index (χ3n) is 3.32. The maximum atomic E-state index is 11.8. The fourth-order valence-electron chi connectivity index (χ4n) is 2.24. The zero-order valence-corrected chi connectivity index (χ0v) is 14.1. The summed E-state index contributed by atoms with van der Waals surface area (Å²) in [6, 6.07) is 0. The van der Waals surface area contributed by atoms with Crippen molar-refractivity contribution in [1.82, 2.24) is 0 Å². The third-order valence-corrected chi connectivity index (χ3v) is 7.20. The molecule has 0 spiro atoms. The number of unbranched alkanes of at least 4 members (excludes halogenated alkanes) is 2. The topological polar surface area (TPSA) is 60.4 Å². The quantitative estimate of drug-likeness (QED) is 0.458. The Morgan fingerprint density at radius 1 is 1.05 bits per heavy atom. The van der Waals surface area contributed by atoms with E-state index < -0.39 is 10.1 Å². The molecule has 118 valence electrons. The van der Waals surface area contributed by atoms with Gasteiger partial charge in [0.15, 0.2) is 11.2 Å². The van der Waals surface area contributed by atoms with Crippen LogP contribution in [0.3, 0.4) is 0 Å². The smallest absolute Gasteiger partial charge is 0.300 e. The van der Waals surface area contributed by atoms with Crippen molar-refractivity contribution >= 4 is 27.1 Å². The molecule has 0 aromatic carbocycles. The first kappa shape index (κ1) is 18.0. The average molecular weight is 324 g/mol. The first-order valence-corrected chi connectivity index (χ1v) is 10.7. The van der Waals surface area contributed by atoms with E-state index in [4.69, 9.17) is 3.63 Å². The second kappa shape index (κ2) is 9.79. The van der Waals surface area contributed by atoms with Crippen molar-refractivity contribution in [3.63, 3.8) is 0 Å². The van der Waals surface area contributed by atoms with E-state index in [2.05, 4.69) is 0 Å². The molecule has 0 aromatic rings. The van der Waals surface area contributed by atoms with E-state index in [0.29, 0.717) is 19.3 Å². The largest absolute Gasteiger partial charge is 0.311 e. The maximum Gasteiger partial charge on any atom is 0.311 e. The van der Waals surface area contributed by atoms with Crippen molar-refractivity contribution < 1.29 is 16.8 Å². The van der Waals surface area contributed by atoms with E-state index in [9.17, 15) is 13.2 Å². The summed E-state index contributed by atoms with van der Waals surface area (Å²) in [6.07, 6.45) is 7.65. The van der Waals surface area contributed by atoms with Crippen molar-refractivity contribution in [2.75, 3.05) is 17.3 Å². The summed E-state index contributed by atoms with van der Waals surface area (Å²) in [6.45, 7) is 1.99. The number of hydrogen-bond acceptors (Lipinski definition) is 4. The molecule has 1 fully saturated rings. The van der Waals surface area contributed by atoms with Crippen molar-refractivity contribution in [2.24, 2.45) is 0 Å².